The van der Waals surface area contributed by atoms with E-state index in [2.05, 4.69) is 36.6 Å². The molecule has 1 aliphatic carbocycles. The van der Waals surface area contributed by atoms with E-state index in [0.29, 0.717) is 19.5 Å². The van der Waals surface area contributed by atoms with Gasteiger partial charge in [-0.25, -0.2) is 4.39 Å². The van der Waals surface area contributed by atoms with E-state index in [1.807, 2.05) is 37.2 Å². The monoisotopic (exact) mass is 439 g/mol. The number of benzene rings is 2. The summed E-state index contributed by atoms with van der Waals surface area (Å²) in [6.07, 6.45) is 0.566. The van der Waals surface area contributed by atoms with Crippen LogP contribution in [-0.2, 0) is 16.6 Å². The van der Waals surface area contributed by atoms with Crippen molar-refractivity contribution >= 4 is 11.8 Å². The molecule has 0 aromatic heterocycles. The van der Waals surface area contributed by atoms with Gasteiger partial charge in [0.25, 0.3) is 5.91 Å². The van der Waals surface area contributed by atoms with E-state index in [0.717, 1.165) is 5.56 Å². The van der Waals surface area contributed by atoms with Gasteiger partial charge in [-0.2, -0.15) is 0 Å². The lowest BCUT2D eigenvalue weighted by Crippen LogP contribution is -2.42. The first-order valence-corrected chi connectivity index (χ1v) is 11.3. The van der Waals surface area contributed by atoms with E-state index < -0.39 is 11.7 Å². The topological polar surface area (TPSA) is 61.4 Å². The quantitative estimate of drug-likeness (QED) is 0.630. The molecule has 2 N–H and O–H groups in total. The average molecular weight is 440 g/mol. The standard InChI is InChI=1S/C26H34FN3O2/c1-6-28-24(31)21-13-12-18(15-22(21)27)14-20(30(4)5)16-29-25(32)23-17(2)26(23,3)19-10-8-7-9-11-19/h7-13,15,17,20,23H,6,14,16H2,1-5H3,(H,28,31)(H,29,32)/t17-,20-,23-,26-/m0/s1. The summed E-state index contributed by atoms with van der Waals surface area (Å²) in [5.74, 6) is -0.651. The molecule has 0 spiro atoms. The molecule has 0 aliphatic heterocycles. The minimum Gasteiger partial charge on any atom is -0.354 e. The number of nitrogens with zero attached hydrogens (tertiary/aromatic N) is 1. The Morgan fingerprint density at radius 3 is 2.41 bits per heavy atom. The van der Waals surface area contributed by atoms with Gasteiger partial charge in [-0.05, 0) is 56.6 Å². The molecule has 0 bridgehead atoms. The normalized spacial score (nSPS) is 23.0. The fourth-order valence-electron chi connectivity index (χ4n) is 4.63. The number of amides is 2. The molecule has 1 fully saturated rings. The molecule has 2 aromatic rings. The molecule has 3 rings (SSSR count). The second-order valence-corrected chi connectivity index (χ2v) is 9.16. The van der Waals surface area contributed by atoms with Crippen molar-refractivity contribution in [2.24, 2.45) is 11.8 Å². The molecule has 5 nitrogen and oxygen atoms in total. The summed E-state index contributed by atoms with van der Waals surface area (Å²) in [6.45, 7) is 7.00. The van der Waals surface area contributed by atoms with Crippen molar-refractivity contribution in [1.82, 2.24) is 15.5 Å². The Morgan fingerprint density at radius 2 is 1.81 bits per heavy atom. The van der Waals surface area contributed by atoms with Gasteiger partial charge in [0.1, 0.15) is 5.82 Å². The zero-order valence-electron chi connectivity index (χ0n) is 19.6. The lowest BCUT2D eigenvalue weighted by molar-refractivity contribution is -0.123. The molecule has 0 radical (unpaired) electrons. The second-order valence-electron chi connectivity index (χ2n) is 9.16. The Morgan fingerprint density at radius 1 is 1.12 bits per heavy atom. The molecule has 4 atom stereocenters. The van der Waals surface area contributed by atoms with Crippen molar-refractivity contribution < 1.29 is 14.0 Å². The lowest BCUT2D eigenvalue weighted by atomic mass is 9.94. The molecule has 32 heavy (non-hydrogen) atoms. The van der Waals surface area contributed by atoms with E-state index in [9.17, 15) is 14.0 Å². The van der Waals surface area contributed by atoms with Gasteiger partial charge in [0.05, 0.1) is 11.5 Å². The van der Waals surface area contributed by atoms with Gasteiger partial charge in [-0.1, -0.05) is 50.2 Å². The van der Waals surface area contributed by atoms with Crippen LogP contribution in [0.1, 0.15) is 42.3 Å². The van der Waals surface area contributed by atoms with Gasteiger partial charge >= 0.3 is 0 Å². The maximum atomic E-state index is 14.4. The van der Waals surface area contributed by atoms with Crippen LogP contribution in [0.4, 0.5) is 4.39 Å². The van der Waals surface area contributed by atoms with Gasteiger partial charge in [-0.3, -0.25) is 9.59 Å². The molecule has 1 aliphatic rings. The first-order chi connectivity index (χ1) is 15.2. The minimum absolute atomic E-state index is 0.00528. The summed E-state index contributed by atoms with van der Waals surface area (Å²) in [6, 6.07) is 14.9. The van der Waals surface area contributed by atoms with E-state index in [4.69, 9.17) is 0 Å². The van der Waals surface area contributed by atoms with Crippen LogP contribution in [-0.4, -0.2) is 49.9 Å². The van der Waals surface area contributed by atoms with Crippen LogP contribution in [0.5, 0.6) is 0 Å². The number of nitrogens with one attached hydrogen (secondary N) is 2. The van der Waals surface area contributed by atoms with Gasteiger partial charge in [0.15, 0.2) is 0 Å². The third kappa shape index (κ3) is 4.85. The molecule has 6 heteroatoms. The predicted octanol–water partition coefficient (Wildman–Crippen LogP) is 3.39. The minimum atomic E-state index is -0.527. The largest absolute Gasteiger partial charge is 0.354 e. The Labute approximate surface area is 190 Å². The number of rotatable bonds is 9. The third-order valence-electron chi connectivity index (χ3n) is 6.99. The summed E-state index contributed by atoms with van der Waals surface area (Å²) in [7, 11) is 3.90. The molecular formula is C26H34FN3O2. The first-order valence-electron chi connectivity index (χ1n) is 11.3. The van der Waals surface area contributed by atoms with E-state index in [1.54, 1.807) is 13.0 Å². The number of hydrogen-bond acceptors (Lipinski definition) is 3. The highest BCUT2D eigenvalue weighted by molar-refractivity contribution is 5.94. The number of carbonyl (C=O) groups excluding carboxylic acids is 2. The van der Waals surface area contributed by atoms with E-state index in [-0.39, 0.29) is 34.8 Å². The summed E-state index contributed by atoms with van der Waals surface area (Å²) >= 11 is 0. The Hall–Kier alpha value is -2.73. The highest BCUT2D eigenvalue weighted by atomic mass is 19.1. The van der Waals surface area contributed by atoms with Crippen molar-refractivity contribution in [3.8, 4) is 0 Å². The number of halogens is 1. The molecule has 0 saturated heterocycles. The van der Waals surface area contributed by atoms with Crippen molar-refractivity contribution in [3.05, 3.63) is 71.0 Å². The van der Waals surface area contributed by atoms with Crippen molar-refractivity contribution in [2.75, 3.05) is 27.2 Å². The molecule has 172 valence electrons. The van der Waals surface area contributed by atoms with Gasteiger partial charge < -0.3 is 15.5 Å². The zero-order chi connectivity index (χ0) is 23.5. The highest BCUT2D eigenvalue weighted by Gasteiger charge is 2.62. The fraction of sp³-hybridized carbons (Fsp3) is 0.462. The van der Waals surface area contributed by atoms with Crippen LogP contribution < -0.4 is 10.6 Å². The smallest absolute Gasteiger partial charge is 0.254 e. The summed E-state index contributed by atoms with van der Waals surface area (Å²) < 4.78 is 14.4. The zero-order valence-corrected chi connectivity index (χ0v) is 19.6. The SMILES string of the molecule is CCNC(=O)c1ccc(C[C@@H](CNC(=O)[C@@H]2[C@H](C)[C@@]2(C)c2ccccc2)N(C)C)cc1F. The van der Waals surface area contributed by atoms with Crippen LogP contribution in [0.25, 0.3) is 0 Å². The summed E-state index contributed by atoms with van der Waals surface area (Å²) in [5, 5.41) is 5.74. The molecular weight excluding hydrogens is 405 g/mol. The molecule has 2 amide bonds. The van der Waals surface area contributed by atoms with E-state index >= 15 is 0 Å². The van der Waals surface area contributed by atoms with Crippen molar-refractivity contribution in [3.63, 3.8) is 0 Å². The number of carbonyl (C=O) groups is 2. The second kappa shape index (κ2) is 9.82. The van der Waals surface area contributed by atoms with Crippen LogP contribution in [0, 0.1) is 17.7 Å². The summed E-state index contributed by atoms with van der Waals surface area (Å²) in [4.78, 5) is 26.9. The molecule has 0 unspecified atom stereocenters. The van der Waals surface area contributed by atoms with E-state index in [1.165, 1.54) is 17.7 Å². The Kier molecular flexibility index (Phi) is 7.34. The third-order valence-corrected chi connectivity index (χ3v) is 6.99. The van der Waals surface area contributed by atoms with Gasteiger partial charge in [-0.15, -0.1) is 0 Å². The lowest BCUT2D eigenvalue weighted by Gasteiger charge is -2.25. The van der Waals surface area contributed by atoms with Crippen LogP contribution in [0.15, 0.2) is 48.5 Å². The highest BCUT2D eigenvalue weighted by Crippen LogP contribution is 2.59. The van der Waals surface area contributed by atoms with Crippen LogP contribution in [0.2, 0.25) is 0 Å². The van der Waals surface area contributed by atoms with Crippen LogP contribution in [0.3, 0.4) is 0 Å². The maximum absolute atomic E-state index is 14.4. The molecule has 0 heterocycles. The fourth-order valence-corrected chi connectivity index (χ4v) is 4.63. The predicted molar refractivity (Wildman–Crippen MR) is 125 cm³/mol. The Balaban J connectivity index is 1.62. The maximum Gasteiger partial charge on any atom is 0.254 e. The number of likely N-dealkylation sites (N-methyl/N-ethyl adjacent to an activating group) is 1. The van der Waals surface area contributed by atoms with Crippen molar-refractivity contribution in [1.29, 1.82) is 0 Å². The molecule has 1 saturated carbocycles. The average Bonchev–Trinajstić information content (AvgIpc) is 3.33. The van der Waals surface area contributed by atoms with Crippen LogP contribution >= 0.6 is 0 Å². The van der Waals surface area contributed by atoms with Gasteiger partial charge in [0.2, 0.25) is 5.91 Å². The molecule has 2 aromatic carbocycles. The first kappa shape index (κ1) is 23.9. The summed E-state index contributed by atoms with van der Waals surface area (Å²) in [5.41, 5.74) is 1.89. The van der Waals surface area contributed by atoms with Crippen molar-refractivity contribution in [2.45, 2.75) is 38.6 Å². The Bertz CT molecular complexity index is 963. The van der Waals surface area contributed by atoms with Gasteiger partial charge in [0, 0.05) is 24.5 Å². The number of hydrogen-bond donors (Lipinski definition) is 2.